The molecule has 2 aromatic carbocycles. The Balaban J connectivity index is 1.95. The topological polar surface area (TPSA) is 54.9 Å². The van der Waals surface area contributed by atoms with Crippen molar-refractivity contribution in [2.75, 3.05) is 0 Å². The fourth-order valence-electron chi connectivity index (χ4n) is 3.44. The second-order valence-corrected chi connectivity index (χ2v) is 6.56. The van der Waals surface area contributed by atoms with Gasteiger partial charge in [0.15, 0.2) is 0 Å². The number of allylic oxidation sites excluding steroid dienone is 1. The summed E-state index contributed by atoms with van der Waals surface area (Å²) in [6.07, 6.45) is -1.74. The molecule has 0 fully saturated rings. The Morgan fingerprint density at radius 3 is 2.43 bits per heavy atom. The minimum atomic E-state index is -4.51. The summed E-state index contributed by atoms with van der Waals surface area (Å²) in [4.78, 5) is 24.4. The van der Waals surface area contributed by atoms with Crippen LogP contribution in [0.2, 0.25) is 0 Å². The standard InChI is InChI=1S/C21H15F3N2O2/c22-21(23,24)15-7-4-8-16(12-15)26-18-14(11-13-5-2-1-3-6-13)9-10-17(18)19(27)20(28)25-26/h1-8,11-12H,9-10H2,(H,25,28)/b14-11+. The summed E-state index contributed by atoms with van der Waals surface area (Å²) >= 11 is 0. The number of aromatic amines is 1. The van der Waals surface area contributed by atoms with Crippen molar-refractivity contribution in [1.82, 2.24) is 9.78 Å². The average molecular weight is 384 g/mol. The Bertz CT molecular complexity index is 1190. The van der Waals surface area contributed by atoms with Crippen molar-refractivity contribution in [3.63, 3.8) is 0 Å². The van der Waals surface area contributed by atoms with Crippen LogP contribution in [0.15, 0.2) is 64.2 Å². The van der Waals surface area contributed by atoms with Gasteiger partial charge in [0.25, 0.3) is 0 Å². The molecule has 4 nitrogen and oxygen atoms in total. The van der Waals surface area contributed by atoms with Crippen molar-refractivity contribution < 1.29 is 13.2 Å². The van der Waals surface area contributed by atoms with E-state index in [1.165, 1.54) is 16.8 Å². The van der Waals surface area contributed by atoms with Gasteiger partial charge in [0.2, 0.25) is 5.43 Å². The molecule has 0 unspecified atom stereocenters. The maximum atomic E-state index is 13.1. The highest BCUT2D eigenvalue weighted by atomic mass is 19.4. The van der Waals surface area contributed by atoms with Crippen LogP contribution in [-0.2, 0) is 12.6 Å². The van der Waals surface area contributed by atoms with Gasteiger partial charge in [-0.05, 0) is 48.3 Å². The molecule has 0 spiro atoms. The molecule has 0 bridgehead atoms. The Morgan fingerprint density at radius 1 is 0.964 bits per heavy atom. The summed E-state index contributed by atoms with van der Waals surface area (Å²) in [5.74, 6) is 0. The lowest BCUT2D eigenvalue weighted by Gasteiger charge is -2.15. The van der Waals surface area contributed by atoms with Crippen LogP contribution in [0.1, 0.15) is 28.8 Å². The lowest BCUT2D eigenvalue weighted by Crippen LogP contribution is -2.34. The molecule has 1 aliphatic carbocycles. The summed E-state index contributed by atoms with van der Waals surface area (Å²) in [5.41, 5.74) is 0.281. The highest BCUT2D eigenvalue weighted by Crippen LogP contribution is 2.34. The molecule has 0 radical (unpaired) electrons. The predicted octanol–water partition coefficient (Wildman–Crippen LogP) is 4.03. The van der Waals surface area contributed by atoms with Gasteiger partial charge in [-0.25, -0.2) is 0 Å². The number of H-pyrrole nitrogens is 1. The zero-order valence-corrected chi connectivity index (χ0v) is 14.6. The van der Waals surface area contributed by atoms with E-state index in [4.69, 9.17) is 0 Å². The highest BCUT2D eigenvalue weighted by Gasteiger charge is 2.31. The molecular formula is C21H15F3N2O2. The third-order valence-corrected chi connectivity index (χ3v) is 4.72. The van der Waals surface area contributed by atoms with Crippen LogP contribution in [0.4, 0.5) is 13.2 Å². The van der Waals surface area contributed by atoms with Crippen molar-refractivity contribution in [2.24, 2.45) is 0 Å². The molecule has 0 atom stereocenters. The van der Waals surface area contributed by atoms with Crippen LogP contribution in [0.5, 0.6) is 0 Å². The number of alkyl halides is 3. The van der Waals surface area contributed by atoms with Crippen LogP contribution < -0.4 is 11.0 Å². The Labute approximate surface area is 157 Å². The zero-order chi connectivity index (χ0) is 19.9. The van der Waals surface area contributed by atoms with E-state index in [2.05, 4.69) is 5.10 Å². The van der Waals surface area contributed by atoms with Crippen LogP contribution in [0.3, 0.4) is 0 Å². The monoisotopic (exact) mass is 384 g/mol. The van der Waals surface area contributed by atoms with Gasteiger partial charge in [-0.1, -0.05) is 36.4 Å². The molecule has 0 saturated carbocycles. The SMILES string of the molecule is O=c1[nH]n(-c2cccc(C(F)(F)F)c2)c2c(c1=O)CC/C2=C\c1ccccc1. The first-order chi connectivity index (χ1) is 13.3. The lowest BCUT2D eigenvalue weighted by atomic mass is 10.1. The average Bonchev–Trinajstić information content (AvgIpc) is 3.09. The van der Waals surface area contributed by atoms with Crippen LogP contribution >= 0.6 is 0 Å². The Kier molecular flexibility index (Phi) is 4.30. The van der Waals surface area contributed by atoms with Crippen molar-refractivity contribution in [2.45, 2.75) is 19.0 Å². The normalized spacial score (nSPS) is 15.0. The van der Waals surface area contributed by atoms with E-state index in [0.717, 1.165) is 23.3 Å². The number of halogens is 3. The molecule has 7 heteroatoms. The first-order valence-corrected chi connectivity index (χ1v) is 8.66. The van der Waals surface area contributed by atoms with Gasteiger partial charge in [-0.3, -0.25) is 19.4 Å². The van der Waals surface area contributed by atoms with Gasteiger partial charge < -0.3 is 0 Å². The number of rotatable bonds is 2. The van der Waals surface area contributed by atoms with E-state index < -0.39 is 22.7 Å². The highest BCUT2D eigenvalue weighted by molar-refractivity contribution is 5.84. The van der Waals surface area contributed by atoms with Crippen LogP contribution in [0, 0.1) is 0 Å². The van der Waals surface area contributed by atoms with E-state index in [1.54, 1.807) is 0 Å². The lowest BCUT2D eigenvalue weighted by molar-refractivity contribution is -0.137. The van der Waals surface area contributed by atoms with E-state index in [-0.39, 0.29) is 5.69 Å². The second-order valence-electron chi connectivity index (χ2n) is 6.56. The van der Waals surface area contributed by atoms with Crippen LogP contribution in [-0.4, -0.2) is 9.78 Å². The third kappa shape index (κ3) is 3.19. The molecule has 1 aliphatic rings. The van der Waals surface area contributed by atoms with Crippen molar-refractivity contribution >= 4 is 11.6 Å². The minimum Gasteiger partial charge on any atom is -0.283 e. The third-order valence-electron chi connectivity index (χ3n) is 4.72. The Morgan fingerprint density at radius 2 is 1.71 bits per heavy atom. The maximum Gasteiger partial charge on any atom is 0.416 e. The fraction of sp³-hybridized carbons (Fsp3) is 0.143. The molecule has 4 rings (SSSR count). The number of nitrogens with zero attached hydrogens (tertiary/aromatic N) is 1. The maximum absolute atomic E-state index is 13.1. The van der Waals surface area contributed by atoms with E-state index in [9.17, 15) is 22.8 Å². The van der Waals surface area contributed by atoms with Gasteiger partial charge >= 0.3 is 11.7 Å². The molecule has 0 aliphatic heterocycles. The summed E-state index contributed by atoms with van der Waals surface area (Å²) in [5, 5.41) is 2.43. The molecule has 142 valence electrons. The fourth-order valence-corrected chi connectivity index (χ4v) is 3.44. The quantitative estimate of drug-likeness (QED) is 0.679. The first-order valence-electron chi connectivity index (χ1n) is 8.66. The minimum absolute atomic E-state index is 0.143. The molecule has 0 amide bonds. The molecule has 1 heterocycles. The van der Waals surface area contributed by atoms with E-state index >= 15 is 0 Å². The predicted molar refractivity (Wildman–Crippen MR) is 100 cm³/mol. The van der Waals surface area contributed by atoms with Gasteiger partial charge in [-0.2, -0.15) is 13.2 Å². The van der Waals surface area contributed by atoms with Gasteiger partial charge in [0.1, 0.15) is 0 Å². The largest absolute Gasteiger partial charge is 0.416 e. The van der Waals surface area contributed by atoms with Crippen molar-refractivity contribution in [3.05, 3.63) is 97.6 Å². The van der Waals surface area contributed by atoms with Crippen LogP contribution in [0.25, 0.3) is 17.3 Å². The smallest absolute Gasteiger partial charge is 0.283 e. The molecule has 1 aromatic heterocycles. The zero-order valence-electron chi connectivity index (χ0n) is 14.6. The van der Waals surface area contributed by atoms with E-state index in [1.807, 2.05) is 36.4 Å². The number of fused-ring (bicyclic) bond motifs is 1. The van der Waals surface area contributed by atoms with Gasteiger partial charge in [-0.15, -0.1) is 0 Å². The number of hydrogen-bond acceptors (Lipinski definition) is 2. The number of benzene rings is 2. The summed E-state index contributed by atoms with van der Waals surface area (Å²) in [6, 6.07) is 14.1. The molecule has 1 N–H and O–H groups in total. The summed E-state index contributed by atoms with van der Waals surface area (Å²) in [6.45, 7) is 0. The number of aromatic nitrogens is 2. The second kappa shape index (κ2) is 6.67. The van der Waals surface area contributed by atoms with Gasteiger partial charge in [0, 0.05) is 5.56 Å². The Hall–Kier alpha value is -3.35. The first kappa shape index (κ1) is 18.0. The van der Waals surface area contributed by atoms with E-state index in [0.29, 0.717) is 24.1 Å². The summed E-state index contributed by atoms with van der Waals surface area (Å²) < 4.78 is 40.7. The number of hydrogen-bond donors (Lipinski definition) is 1. The number of nitrogens with one attached hydrogen (secondary N) is 1. The van der Waals surface area contributed by atoms with Crippen molar-refractivity contribution in [3.8, 4) is 5.69 Å². The molecule has 0 saturated heterocycles. The summed E-state index contributed by atoms with van der Waals surface area (Å²) in [7, 11) is 0. The van der Waals surface area contributed by atoms with Crippen molar-refractivity contribution in [1.29, 1.82) is 0 Å². The molecule has 28 heavy (non-hydrogen) atoms. The molecular weight excluding hydrogens is 369 g/mol. The van der Waals surface area contributed by atoms with Gasteiger partial charge in [0.05, 0.1) is 16.9 Å². The molecule has 3 aromatic rings.